The lowest BCUT2D eigenvalue weighted by atomic mass is 10.2. The van der Waals surface area contributed by atoms with Crippen molar-refractivity contribution in [2.24, 2.45) is 0 Å². The summed E-state index contributed by atoms with van der Waals surface area (Å²) in [5.41, 5.74) is 0. The fraction of sp³-hybridized carbons (Fsp3) is 0.667. The van der Waals surface area contributed by atoms with Crippen LogP contribution < -0.4 is 5.32 Å². The van der Waals surface area contributed by atoms with E-state index >= 15 is 0 Å². The molecule has 13 heavy (non-hydrogen) atoms. The Hall–Kier alpha value is -0.480. The summed E-state index contributed by atoms with van der Waals surface area (Å²) in [6, 6.07) is 0.539. The first-order valence-corrected chi connectivity index (χ1v) is 5.33. The average Bonchev–Trinajstić information content (AvgIpc) is 2.56. The van der Waals surface area contributed by atoms with Crippen LogP contribution in [-0.4, -0.2) is 23.3 Å². The van der Waals surface area contributed by atoms with Crippen molar-refractivity contribution in [3.63, 3.8) is 0 Å². The van der Waals surface area contributed by atoms with Gasteiger partial charge in [-0.3, -0.25) is 0 Å². The molecule has 1 aromatic heterocycles. The predicted octanol–water partition coefficient (Wildman–Crippen LogP) is 2.15. The summed E-state index contributed by atoms with van der Waals surface area (Å²) >= 11 is 1.68. The smallest absolute Gasteiger partial charge is 0.255 e. The van der Waals surface area contributed by atoms with Gasteiger partial charge in [-0.2, -0.15) is 0 Å². The summed E-state index contributed by atoms with van der Waals surface area (Å²) in [6.07, 6.45) is 4.40. The minimum Gasteiger partial charge on any atom is -0.440 e. The third-order valence-electron chi connectivity index (χ3n) is 1.89. The SMILES string of the molecule is CNC(C)CC(C)Sc1ncco1. The lowest BCUT2D eigenvalue weighted by Crippen LogP contribution is -2.24. The third-order valence-corrected chi connectivity index (χ3v) is 2.89. The van der Waals surface area contributed by atoms with Gasteiger partial charge in [0.2, 0.25) is 0 Å². The second-order valence-electron chi connectivity index (χ2n) is 3.15. The van der Waals surface area contributed by atoms with E-state index in [1.807, 2.05) is 7.05 Å². The van der Waals surface area contributed by atoms with E-state index in [-0.39, 0.29) is 0 Å². The summed E-state index contributed by atoms with van der Waals surface area (Å²) in [5, 5.41) is 4.50. The largest absolute Gasteiger partial charge is 0.440 e. The number of nitrogens with one attached hydrogen (secondary N) is 1. The minimum atomic E-state index is 0.529. The number of hydrogen-bond donors (Lipinski definition) is 1. The van der Waals surface area contributed by atoms with Crippen molar-refractivity contribution in [1.82, 2.24) is 10.3 Å². The first-order valence-electron chi connectivity index (χ1n) is 4.45. The molecule has 1 heterocycles. The van der Waals surface area contributed by atoms with Gasteiger partial charge >= 0.3 is 0 Å². The average molecular weight is 200 g/mol. The van der Waals surface area contributed by atoms with Crippen LogP contribution in [0.25, 0.3) is 0 Å². The number of rotatable bonds is 5. The topological polar surface area (TPSA) is 38.1 Å². The molecule has 0 radical (unpaired) electrons. The van der Waals surface area contributed by atoms with Gasteiger partial charge < -0.3 is 9.73 Å². The lowest BCUT2D eigenvalue weighted by molar-refractivity contribution is 0.451. The molecule has 0 aliphatic heterocycles. The van der Waals surface area contributed by atoms with Gasteiger partial charge in [-0.25, -0.2) is 4.98 Å². The molecular weight excluding hydrogens is 184 g/mol. The van der Waals surface area contributed by atoms with E-state index in [4.69, 9.17) is 4.42 Å². The summed E-state index contributed by atoms with van der Waals surface area (Å²) in [4.78, 5) is 4.07. The summed E-state index contributed by atoms with van der Waals surface area (Å²) in [5.74, 6) is 0. The number of thioether (sulfide) groups is 1. The van der Waals surface area contributed by atoms with Crippen LogP contribution in [0, 0.1) is 0 Å². The van der Waals surface area contributed by atoms with Gasteiger partial charge in [-0.1, -0.05) is 18.7 Å². The number of aromatic nitrogens is 1. The molecule has 3 nitrogen and oxygen atoms in total. The maximum atomic E-state index is 5.15. The quantitative estimate of drug-likeness (QED) is 0.739. The summed E-state index contributed by atoms with van der Waals surface area (Å²) in [6.45, 7) is 4.36. The van der Waals surface area contributed by atoms with Crippen molar-refractivity contribution in [2.75, 3.05) is 7.05 Å². The van der Waals surface area contributed by atoms with Crippen LogP contribution in [0.2, 0.25) is 0 Å². The Labute approximate surface area is 83.3 Å². The molecule has 0 bridgehead atoms. The van der Waals surface area contributed by atoms with Gasteiger partial charge in [-0.15, -0.1) is 0 Å². The molecule has 0 aliphatic carbocycles. The van der Waals surface area contributed by atoms with Crippen LogP contribution in [0.15, 0.2) is 22.1 Å². The van der Waals surface area contributed by atoms with E-state index in [1.165, 1.54) is 0 Å². The van der Waals surface area contributed by atoms with Crippen molar-refractivity contribution >= 4 is 11.8 Å². The zero-order valence-corrected chi connectivity index (χ0v) is 9.10. The molecule has 0 saturated heterocycles. The fourth-order valence-electron chi connectivity index (χ4n) is 1.10. The molecule has 0 aliphatic rings. The van der Waals surface area contributed by atoms with E-state index in [2.05, 4.69) is 24.1 Å². The molecule has 0 fully saturated rings. The third kappa shape index (κ3) is 3.83. The van der Waals surface area contributed by atoms with Crippen molar-refractivity contribution in [3.8, 4) is 0 Å². The summed E-state index contributed by atoms with van der Waals surface area (Å²) < 4.78 is 5.15. The Morgan fingerprint density at radius 3 is 2.92 bits per heavy atom. The van der Waals surface area contributed by atoms with Crippen LogP contribution >= 0.6 is 11.8 Å². The monoisotopic (exact) mass is 200 g/mol. The van der Waals surface area contributed by atoms with Crippen LogP contribution in [0.3, 0.4) is 0 Å². The zero-order chi connectivity index (χ0) is 9.68. The van der Waals surface area contributed by atoms with Gasteiger partial charge in [-0.05, 0) is 20.4 Å². The van der Waals surface area contributed by atoms with E-state index in [0.29, 0.717) is 11.3 Å². The van der Waals surface area contributed by atoms with Crippen LogP contribution in [0.1, 0.15) is 20.3 Å². The second kappa shape index (κ2) is 5.29. The highest BCUT2D eigenvalue weighted by molar-refractivity contribution is 7.99. The van der Waals surface area contributed by atoms with Crippen molar-refractivity contribution in [3.05, 3.63) is 12.5 Å². The maximum Gasteiger partial charge on any atom is 0.255 e. The number of oxazole rings is 1. The molecule has 1 aromatic rings. The van der Waals surface area contributed by atoms with Crippen molar-refractivity contribution in [1.29, 1.82) is 0 Å². The number of nitrogens with zero attached hydrogens (tertiary/aromatic N) is 1. The molecule has 0 amide bonds. The molecule has 0 saturated carbocycles. The van der Waals surface area contributed by atoms with Crippen LogP contribution in [-0.2, 0) is 0 Å². The van der Waals surface area contributed by atoms with Gasteiger partial charge in [0.15, 0.2) is 0 Å². The molecule has 1 rings (SSSR count). The first-order chi connectivity index (χ1) is 6.22. The van der Waals surface area contributed by atoms with Crippen molar-refractivity contribution < 1.29 is 4.42 Å². The Balaban J connectivity index is 2.29. The highest BCUT2D eigenvalue weighted by Gasteiger charge is 2.10. The van der Waals surface area contributed by atoms with Gasteiger partial charge in [0.1, 0.15) is 6.26 Å². The van der Waals surface area contributed by atoms with E-state index in [0.717, 1.165) is 11.6 Å². The van der Waals surface area contributed by atoms with Crippen LogP contribution in [0.4, 0.5) is 0 Å². The molecule has 74 valence electrons. The maximum absolute atomic E-state index is 5.15. The predicted molar refractivity (Wildman–Crippen MR) is 55.0 cm³/mol. The van der Waals surface area contributed by atoms with Crippen molar-refractivity contribution in [2.45, 2.75) is 36.8 Å². The van der Waals surface area contributed by atoms with E-state index < -0.39 is 0 Å². The fourth-order valence-corrected chi connectivity index (χ4v) is 2.07. The Morgan fingerprint density at radius 1 is 1.62 bits per heavy atom. The Bertz CT molecular complexity index is 226. The minimum absolute atomic E-state index is 0.529. The highest BCUT2D eigenvalue weighted by atomic mass is 32.2. The zero-order valence-electron chi connectivity index (χ0n) is 8.28. The molecule has 2 atom stereocenters. The lowest BCUT2D eigenvalue weighted by Gasteiger charge is -2.14. The first kappa shape index (κ1) is 10.6. The molecule has 0 aromatic carbocycles. The standard InChI is InChI=1S/C9H16N2OS/c1-7(10-3)6-8(2)13-9-11-4-5-12-9/h4-5,7-8,10H,6H2,1-3H3. The molecule has 1 N–H and O–H groups in total. The van der Waals surface area contributed by atoms with Gasteiger partial charge in [0.05, 0.1) is 6.20 Å². The second-order valence-corrected chi connectivity index (χ2v) is 4.54. The van der Waals surface area contributed by atoms with Gasteiger partial charge in [0.25, 0.3) is 5.22 Å². The van der Waals surface area contributed by atoms with E-state index in [9.17, 15) is 0 Å². The van der Waals surface area contributed by atoms with Gasteiger partial charge in [0, 0.05) is 11.3 Å². The summed E-state index contributed by atoms with van der Waals surface area (Å²) in [7, 11) is 1.98. The molecule has 4 heteroatoms. The Kier molecular flexibility index (Phi) is 4.32. The van der Waals surface area contributed by atoms with E-state index in [1.54, 1.807) is 24.2 Å². The Morgan fingerprint density at radius 2 is 2.38 bits per heavy atom. The normalized spacial score (nSPS) is 15.6. The number of hydrogen-bond acceptors (Lipinski definition) is 4. The highest BCUT2D eigenvalue weighted by Crippen LogP contribution is 2.23. The molecule has 0 spiro atoms. The molecular formula is C9H16N2OS. The van der Waals surface area contributed by atoms with Crippen LogP contribution in [0.5, 0.6) is 0 Å². The molecule has 2 unspecified atom stereocenters.